The van der Waals surface area contributed by atoms with Gasteiger partial charge in [-0.25, -0.2) is 0 Å². The molecule has 0 aliphatic carbocycles. The molecule has 1 heterocycles. The lowest BCUT2D eigenvalue weighted by Crippen LogP contribution is -2.19. The molecule has 0 spiro atoms. The number of methoxy groups -OCH3 is 1. The first-order valence-corrected chi connectivity index (χ1v) is 6.02. The first kappa shape index (κ1) is 12.1. The fourth-order valence-corrected chi connectivity index (χ4v) is 2.55. The minimum Gasteiger partial charge on any atom is -0.497 e. The standard InChI is InChI=1S/C14H19NO2/c1-15-8-7-12(9-15)14(10-16)11-3-5-13(17-2)6-4-11/h3-6,10,12,14H,7-9H2,1-2H3. The summed E-state index contributed by atoms with van der Waals surface area (Å²) in [5.41, 5.74) is 1.10. The molecular formula is C14H19NO2. The molecule has 17 heavy (non-hydrogen) atoms. The van der Waals surface area contributed by atoms with Gasteiger partial charge in [0, 0.05) is 12.5 Å². The highest BCUT2D eigenvalue weighted by molar-refractivity contribution is 5.63. The molecular weight excluding hydrogens is 214 g/mol. The molecule has 0 radical (unpaired) electrons. The van der Waals surface area contributed by atoms with Crippen LogP contribution in [0, 0.1) is 5.92 Å². The maximum Gasteiger partial charge on any atom is 0.127 e. The summed E-state index contributed by atoms with van der Waals surface area (Å²) in [6.07, 6.45) is 2.19. The van der Waals surface area contributed by atoms with Crippen LogP contribution in [0.1, 0.15) is 17.9 Å². The Kier molecular flexibility index (Phi) is 3.79. The van der Waals surface area contributed by atoms with Crippen molar-refractivity contribution in [1.82, 2.24) is 4.90 Å². The van der Waals surface area contributed by atoms with Crippen molar-refractivity contribution in [3.63, 3.8) is 0 Å². The van der Waals surface area contributed by atoms with Gasteiger partial charge in [-0.2, -0.15) is 0 Å². The maximum absolute atomic E-state index is 11.3. The van der Waals surface area contributed by atoms with Gasteiger partial charge in [-0.3, -0.25) is 0 Å². The summed E-state index contributed by atoms with van der Waals surface area (Å²) in [7, 11) is 3.76. The number of ether oxygens (including phenoxy) is 1. The van der Waals surface area contributed by atoms with Crippen LogP contribution in [0.4, 0.5) is 0 Å². The van der Waals surface area contributed by atoms with Crippen LogP contribution >= 0.6 is 0 Å². The van der Waals surface area contributed by atoms with Crippen molar-refractivity contribution in [3.05, 3.63) is 29.8 Å². The van der Waals surface area contributed by atoms with Crippen LogP contribution in [0.25, 0.3) is 0 Å². The van der Waals surface area contributed by atoms with Gasteiger partial charge in [0.15, 0.2) is 0 Å². The Bertz CT molecular complexity index is 374. The zero-order chi connectivity index (χ0) is 12.3. The highest BCUT2D eigenvalue weighted by Crippen LogP contribution is 2.30. The number of benzene rings is 1. The van der Waals surface area contributed by atoms with Crippen LogP contribution in [0.15, 0.2) is 24.3 Å². The molecule has 0 N–H and O–H groups in total. The smallest absolute Gasteiger partial charge is 0.127 e. The number of carbonyl (C=O) groups is 1. The molecule has 3 heteroatoms. The largest absolute Gasteiger partial charge is 0.497 e. The summed E-state index contributed by atoms with van der Waals surface area (Å²) in [5.74, 6) is 1.30. The van der Waals surface area contributed by atoms with E-state index in [4.69, 9.17) is 4.74 Å². The van der Waals surface area contributed by atoms with Gasteiger partial charge in [0.2, 0.25) is 0 Å². The summed E-state index contributed by atoms with van der Waals surface area (Å²) in [6.45, 7) is 2.10. The zero-order valence-electron chi connectivity index (χ0n) is 10.4. The fraction of sp³-hybridized carbons (Fsp3) is 0.500. The number of carbonyl (C=O) groups excluding carboxylic acids is 1. The summed E-state index contributed by atoms with van der Waals surface area (Å²) in [6, 6.07) is 7.83. The third-order valence-corrected chi connectivity index (χ3v) is 3.58. The van der Waals surface area contributed by atoms with E-state index in [0.29, 0.717) is 5.92 Å². The molecule has 92 valence electrons. The zero-order valence-corrected chi connectivity index (χ0v) is 10.4. The molecule has 0 aromatic heterocycles. The van der Waals surface area contributed by atoms with Crippen molar-refractivity contribution in [2.75, 3.05) is 27.2 Å². The lowest BCUT2D eigenvalue weighted by molar-refractivity contribution is -0.110. The third-order valence-electron chi connectivity index (χ3n) is 3.58. The van der Waals surface area contributed by atoms with Gasteiger partial charge in [-0.15, -0.1) is 0 Å². The van der Waals surface area contributed by atoms with Crippen LogP contribution in [0.2, 0.25) is 0 Å². The molecule has 1 saturated heterocycles. The lowest BCUT2D eigenvalue weighted by atomic mass is 9.86. The maximum atomic E-state index is 11.3. The number of hydrogen-bond acceptors (Lipinski definition) is 3. The molecule has 2 atom stereocenters. The van der Waals surface area contributed by atoms with E-state index in [1.807, 2.05) is 24.3 Å². The fourth-order valence-electron chi connectivity index (χ4n) is 2.55. The van der Waals surface area contributed by atoms with Crippen molar-refractivity contribution in [1.29, 1.82) is 0 Å². The molecule has 0 saturated carbocycles. The number of nitrogens with zero attached hydrogens (tertiary/aromatic N) is 1. The van der Waals surface area contributed by atoms with E-state index in [0.717, 1.165) is 37.1 Å². The van der Waals surface area contributed by atoms with E-state index >= 15 is 0 Å². The lowest BCUT2D eigenvalue weighted by Gasteiger charge is -2.18. The molecule has 2 unspecified atom stereocenters. The molecule has 1 fully saturated rings. The van der Waals surface area contributed by atoms with Crippen molar-refractivity contribution in [2.45, 2.75) is 12.3 Å². The second-order valence-corrected chi connectivity index (χ2v) is 4.75. The first-order valence-electron chi connectivity index (χ1n) is 6.02. The van der Waals surface area contributed by atoms with Crippen LogP contribution in [0.3, 0.4) is 0 Å². The van der Waals surface area contributed by atoms with Gasteiger partial charge >= 0.3 is 0 Å². The Hall–Kier alpha value is -1.35. The highest BCUT2D eigenvalue weighted by atomic mass is 16.5. The van der Waals surface area contributed by atoms with Crippen molar-refractivity contribution >= 4 is 6.29 Å². The Morgan fingerprint density at radius 1 is 1.41 bits per heavy atom. The van der Waals surface area contributed by atoms with Gasteiger partial charge in [0.05, 0.1) is 7.11 Å². The van der Waals surface area contributed by atoms with Gasteiger partial charge < -0.3 is 14.4 Å². The molecule has 0 bridgehead atoms. The summed E-state index contributed by atoms with van der Waals surface area (Å²) in [4.78, 5) is 13.6. The van der Waals surface area contributed by atoms with Crippen LogP contribution in [-0.2, 0) is 4.79 Å². The second kappa shape index (κ2) is 5.32. The van der Waals surface area contributed by atoms with Crippen molar-refractivity contribution < 1.29 is 9.53 Å². The SMILES string of the molecule is COc1ccc(C(C=O)C2CCN(C)C2)cc1. The van der Waals surface area contributed by atoms with E-state index in [-0.39, 0.29) is 5.92 Å². The van der Waals surface area contributed by atoms with E-state index < -0.39 is 0 Å². The summed E-state index contributed by atoms with van der Waals surface area (Å²) >= 11 is 0. The predicted octanol–water partition coefficient (Wildman–Crippen LogP) is 1.93. The van der Waals surface area contributed by atoms with Gasteiger partial charge in [-0.05, 0) is 43.6 Å². The van der Waals surface area contributed by atoms with Crippen LogP contribution in [-0.4, -0.2) is 38.4 Å². The van der Waals surface area contributed by atoms with E-state index in [9.17, 15) is 4.79 Å². The topological polar surface area (TPSA) is 29.5 Å². The average molecular weight is 233 g/mol. The molecule has 3 nitrogen and oxygen atoms in total. The highest BCUT2D eigenvalue weighted by Gasteiger charge is 2.28. The van der Waals surface area contributed by atoms with E-state index in [1.165, 1.54) is 0 Å². The molecule has 2 rings (SSSR count). The Balaban J connectivity index is 2.14. The van der Waals surface area contributed by atoms with Gasteiger partial charge in [-0.1, -0.05) is 12.1 Å². The van der Waals surface area contributed by atoms with Gasteiger partial charge in [0.1, 0.15) is 12.0 Å². The second-order valence-electron chi connectivity index (χ2n) is 4.75. The normalized spacial score (nSPS) is 22.4. The van der Waals surface area contributed by atoms with E-state index in [1.54, 1.807) is 7.11 Å². The number of hydrogen-bond donors (Lipinski definition) is 0. The van der Waals surface area contributed by atoms with Crippen molar-refractivity contribution in [3.8, 4) is 5.75 Å². The number of rotatable bonds is 4. The molecule has 0 amide bonds. The number of likely N-dealkylation sites (tertiary alicyclic amines) is 1. The molecule has 1 aliphatic rings. The summed E-state index contributed by atoms with van der Waals surface area (Å²) < 4.78 is 5.13. The minimum absolute atomic E-state index is 0.0193. The average Bonchev–Trinajstić information content (AvgIpc) is 2.78. The predicted molar refractivity (Wildman–Crippen MR) is 67.4 cm³/mol. The minimum atomic E-state index is 0.0193. The quantitative estimate of drug-likeness (QED) is 0.744. The Morgan fingerprint density at radius 2 is 2.12 bits per heavy atom. The molecule has 1 aliphatic heterocycles. The van der Waals surface area contributed by atoms with Gasteiger partial charge in [0.25, 0.3) is 0 Å². The van der Waals surface area contributed by atoms with Crippen LogP contribution in [0.5, 0.6) is 5.75 Å². The molecule has 1 aromatic carbocycles. The third kappa shape index (κ3) is 2.67. The Labute approximate surface area is 102 Å². The number of aldehydes is 1. The van der Waals surface area contributed by atoms with E-state index in [2.05, 4.69) is 11.9 Å². The summed E-state index contributed by atoms with van der Waals surface area (Å²) in [5, 5.41) is 0. The Morgan fingerprint density at radius 3 is 2.59 bits per heavy atom. The molecule has 1 aromatic rings. The first-order chi connectivity index (χ1) is 8.24. The monoisotopic (exact) mass is 233 g/mol. The van der Waals surface area contributed by atoms with Crippen LogP contribution < -0.4 is 4.74 Å². The van der Waals surface area contributed by atoms with Crippen molar-refractivity contribution in [2.24, 2.45) is 5.92 Å².